The zero-order valence-electron chi connectivity index (χ0n) is 21.0. The van der Waals surface area contributed by atoms with Gasteiger partial charge in [-0.15, -0.1) is 0 Å². The lowest BCUT2D eigenvalue weighted by molar-refractivity contribution is -0.160. The SMILES string of the molecule is O=C(C(Cc1ccc(Cl)cc1)NC(=S)NCCc1c[nH]cn1)N1CCC(C(=O)O)(C2CCCCC2)CC1. The molecule has 1 unspecified atom stereocenters. The molecule has 1 saturated carbocycles. The highest BCUT2D eigenvalue weighted by molar-refractivity contribution is 7.80. The molecule has 1 amide bonds. The number of halogens is 1. The van der Waals surface area contributed by atoms with Crippen molar-refractivity contribution >= 4 is 40.8 Å². The Labute approximate surface area is 228 Å². The summed E-state index contributed by atoms with van der Waals surface area (Å²) < 4.78 is 0. The van der Waals surface area contributed by atoms with Crippen molar-refractivity contribution in [3.05, 3.63) is 53.1 Å². The minimum Gasteiger partial charge on any atom is -0.481 e. The Morgan fingerprint density at radius 2 is 1.89 bits per heavy atom. The van der Waals surface area contributed by atoms with Crippen LogP contribution in [0.15, 0.2) is 36.8 Å². The third-order valence-corrected chi connectivity index (χ3v) is 8.47. The highest BCUT2D eigenvalue weighted by atomic mass is 35.5. The number of rotatable bonds is 9. The molecule has 1 aliphatic carbocycles. The second-order valence-electron chi connectivity index (χ2n) is 10.2. The normalized spacial score (nSPS) is 18.7. The van der Waals surface area contributed by atoms with E-state index in [0.29, 0.717) is 55.5 Å². The minimum atomic E-state index is -0.723. The van der Waals surface area contributed by atoms with Crippen LogP contribution in [-0.4, -0.2) is 62.6 Å². The van der Waals surface area contributed by atoms with Crippen LogP contribution in [0.25, 0.3) is 0 Å². The zero-order valence-corrected chi connectivity index (χ0v) is 22.6. The molecule has 4 N–H and O–H groups in total. The molecule has 1 aromatic heterocycles. The number of amides is 1. The first-order valence-corrected chi connectivity index (χ1v) is 13.9. The van der Waals surface area contributed by atoms with Crippen molar-refractivity contribution in [3.8, 4) is 0 Å². The molecule has 8 nitrogen and oxygen atoms in total. The molecule has 0 radical (unpaired) electrons. The first-order chi connectivity index (χ1) is 17.9. The summed E-state index contributed by atoms with van der Waals surface area (Å²) in [7, 11) is 0. The van der Waals surface area contributed by atoms with Gasteiger partial charge in [-0.3, -0.25) is 9.59 Å². The number of carbonyl (C=O) groups is 2. The molecule has 2 heterocycles. The van der Waals surface area contributed by atoms with E-state index in [1.54, 1.807) is 6.33 Å². The van der Waals surface area contributed by atoms with Gasteiger partial charge in [-0.05, 0) is 61.5 Å². The van der Waals surface area contributed by atoms with Crippen molar-refractivity contribution in [1.82, 2.24) is 25.5 Å². The molecular weight excluding hydrogens is 510 g/mol. The number of aromatic amines is 1. The lowest BCUT2D eigenvalue weighted by atomic mass is 9.64. The first kappa shape index (κ1) is 27.4. The summed E-state index contributed by atoms with van der Waals surface area (Å²) in [6.45, 7) is 1.48. The number of carboxylic acid groups (broad SMARTS) is 1. The van der Waals surface area contributed by atoms with Crippen LogP contribution >= 0.6 is 23.8 Å². The highest BCUT2D eigenvalue weighted by Crippen LogP contribution is 2.46. The Balaban J connectivity index is 1.40. The van der Waals surface area contributed by atoms with Crippen LogP contribution in [0.2, 0.25) is 5.02 Å². The average Bonchev–Trinajstić information content (AvgIpc) is 3.43. The Morgan fingerprint density at radius 1 is 1.19 bits per heavy atom. The van der Waals surface area contributed by atoms with Crippen molar-refractivity contribution in [2.24, 2.45) is 11.3 Å². The Hall–Kier alpha value is -2.65. The number of imidazole rings is 1. The van der Waals surface area contributed by atoms with Crippen molar-refractivity contribution in [1.29, 1.82) is 0 Å². The third-order valence-electron chi connectivity index (χ3n) is 7.96. The Bertz CT molecular complexity index is 1050. The second kappa shape index (κ2) is 12.7. The molecule has 2 fully saturated rings. The fourth-order valence-electron chi connectivity index (χ4n) is 5.80. The van der Waals surface area contributed by atoms with Crippen LogP contribution in [0.3, 0.4) is 0 Å². The third kappa shape index (κ3) is 7.02. The van der Waals surface area contributed by atoms with Crippen LogP contribution in [0.5, 0.6) is 0 Å². The number of aliphatic carboxylic acids is 1. The number of carboxylic acids is 1. The maximum absolute atomic E-state index is 13.7. The predicted molar refractivity (Wildman–Crippen MR) is 147 cm³/mol. The van der Waals surface area contributed by atoms with Gasteiger partial charge < -0.3 is 25.6 Å². The van der Waals surface area contributed by atoms with E-state index >= 15 is 0 Å². The minimum absolute atomic E-state index is 0.0611. The number of hydrogen-bond donors (Lipinski definition) is 4. The maximum atomic E-state index is 13.7. The molecule has 4 rings (SSSR count). The molecule has 1 aromatic carbocycles. The van der Waals surface area contributed by atoms with Crippen LogP contribution < -0.4 is 10.6 Å². The van der Waals surface area contributed by atoms with E-state index in [0.717, 1.165) is 36.9 Å². The molecule has 37 heavy (non-hydrogen) atoms. The van der Waals surface area contributed by atoms with Gasteiger partial charge in [0.2, 0.25) is 5.91 Å². The zero-order chi connectivity index (χ0) is 26.3. The Morgan fingerprint density at radius 3 is 2.51 bits per heavy atom. The molecular formula is C27H36ClN5O3S. The number of likely N-dealkylation sites (tertiary alicyclic amines) is 1. The summed E-state index contributed by atoms with van der Waals surface area (Å²) in [4.78, 5) is 35.1. The smallest absolute Gasteiger partial charge is 0.310 e. The van der Waals surface area contributed by atoms with Crippen molar-refractivity contribution < 1.29 is 14.7 Å². The summed E-state index contributed by atoms with van der Waals surface area (Å²) in [5.74, 6) is -0.566. The van der Waals surface area contributed by atoms with Crippen molar-refractivity contribution in [3.63, 3.8) is 0 Å². The number of nitrogens with zero attached hydrogens (tertiary/aromatic N) is 2. The van der Waals surface area contributed by atoms with Crippen LogP contribution in [0.4, 0.5) is 0 Å². The highest BCUT2D eigenvalue weighted by Gasteiger charge is 2.48. The van der Waals surface area contributed by atoms with Crippen LogP contribution in [0, 0.1) is 11.3 Å². The van der Waals surface area contributed by atoms with E-state index in [1.165, 1.54) is 6.42 Å². The second-order valence-corrected chi connectivity index (χ2v) is 11.1. The number of carbonyl (C=O) groups excluding carboxylic acids is 1. The topological polar surface area (TPSA) is 110 Å². The molecule has 1 atom stereocenters. The number of thiocarbonyl (C=S) groups is 1. The van der Waals surface area contributed by atoms with Gasteiger partial charge in [0, 0.05) is 43.7 Å². The number of nitrogens with one attached hydrogen (secondary N) is 3. The average molecular weight is 546 g/mol. The fourth-order valence-corrected chi connectivity index (χ4v) is 6.17. The van der Waals surface area contributed by atoms with Gasteiger partial charge in [-0.2, -0.15) is 0 Å². The lowest BCUT2D eigenvalue weighted by Gasteiger charge is -2.45. The quantitative estimate of drug-likeness (QED) is 0.353. The molecule has 200 valence electrons. The van der Waals surface area contributed by atoms with Gasteiger partial charge in [0.15, 0.2) is 5.11 Å². The van der Waals surface area contributed by atoms with E-state index in [9.17, 15) is 14.7 Å². The van der Waals surface area contributed by atoms with Crippen molar-refractivity contribution in [2.45, 2.75) is 63.8 Å². The molecule has 1 aliphatic heterocycles. The number of H-pyrrole nitrogens is 1. The van der Waals surface area contributed by atoms with E-state index in [2.05, 4.69) is 20.6 Å². The van der Waals surface area contributed by atoms with Gasteiger partial charge in [0.25, 0.3) is 0 Å². The van der Waals surface area contributed by atoms with Gasteiger partial charge in [0.1, 0.15) is 6.04 Å². The largest absolute Gasteiger partial charge is 0.481 e. The number of aromatic nitrogens is 2. The molecule has 0 bridgehead atoms. The monoisotopic (exact) mass is 545 g/mol. The van der Waals surface area contributed by atoms with Crippen LogP contribution in [0.1, 0.15) is 56.2 Å². The molecule has 2 aliphatic rings. The van der Waals surface area contributed by atoms with Gasteiger partial charge >= 0.3 is 5.97 Å². The predicted octanol–water partition coefficient (Wildman–Crippen LogP) is 3.95. The summed E-state index contributed by atoms with van der Waals surface area (Å²) in [5.41, 5.74) is 1.17. The number of hydrogen-bond acceptors (Lipinski definition) is 4. The maximum Gasteiger partial charge on any atom is 0.310 e. The van der Waals surface area contributed by atoms with Gasteiger partial charge in [-0.25, -0.2) is 4.98 Å². The standard InChI is InChI=1S/C27H36ClN5O3S/c28-21-8-6-19(7-9-21)16-23(32-26(37)30-13-10-22-17-29-18-31-22)24(34)33-14-11-27(12-15-33,25(35)36)20-4-2-1-3-5-20/h6-9,17-18,20,23H,1-5,10-16H2,(H,29,31)(H,35,36)(H2,30,32,37). The summed E-state index contributed by atoms with van der Waals surface area (Å²) in [5, 5.41) is 17.6. The lowest BCUT2D eigenvalue weighted by Crippen LogP contribution is -2.56. The summed E-state index contributed by atoms with van der Waals surface area (Å²) >= 11 is 11.6. The van der Waals surface area contributed by atoms with E-state index in [1.807, 2.05) is 35.4 Å². The van der Waals surface area contributed by atoms with Crippen molar-refractivity contribution in [2.75, 3.05) is 19.6 Å². The van der Waals surface area contributed by atoms with E-state index in [4.69, 9.17) is 23.8 Å². The number of piperidine rings is 1. The van der Waals surface area contributed by atoms with E-state index < -0.39 is 17.4 Å². The summed E-state index contributed by atoms with van der Waals surface area (Å²) in [6, 6.07) is 6.87. The molecule has 10 heteroatoms. The van der Waals surface area contributed by atoms with Crippen LogP contribution in [-0.2, 0) is 22.4 Å². The molecule has 1 saturated heterocycles. The van der Waals surface area contributed by atoms with Gasteiger partial charge in [-0.1, -0.05) is 43.0 Å². The fraction of sp³-hybridized carbons (Fsp3) is 0.556. The first-order valence-electron chi connectivity index (χ1n) is 13.2. The Kier molecular flexibility index (Phi) is 9.43. The number of benzene rings is 1. The van der Waals surface area contributed by atoms with E-state index in [-0.39, 0.29) is 11.8 Å². The van der Waals surface area contributed by atoms with Gasteiger partial charge in [0.05, 0.1) is 17.4 Å². The molecule has 0 spiro atoms. The summed E-state index contributed by atoms with van der Waals surface area (Å²) in [6.07, 6.45) is 10.9. The molecule has 2 aromatic rings.